The van der Waals surface area contributed by atoms with Crippen molar-refractivity contribution in [2.24, 2.45) is 10.2 Å². The Morgan fingerprint density at radius 3 is 1.18 bits per heavy atom. The van der Waals surface area contributed by atoms with Crippen molar-refractivity contribution in [2.75, 3.05) is 44.4 Å². The largest absolute Gasteiger partial charge is 0.497 e. The number of likely N-dealkylation sites (N-methyl/N-ethyl adjacent to an activating group) is 1. The van der Waals surface area contributed by atoms with E-state index in [1.54, 1.807) is 14.2 Å². The molecule has 0 bridgehead atoms. The molecule has 0 aromatic heterocycles. The van der Waals surface area contributed by atoms with E-state index < -0.39 is 22.9 Å². The summed E-state index contributed by atoms with van der Waals surface area (Å²) in [6.45, 7) is 0.829. The quantitative estimate of drug-likeness (QED) is 0.156. The molecular weight excluding hydrogens is 695 g/mol. The van der Waals surface area contributed by atoms with Crippen LogP contribution in [0.15, 0.2) is 180 Å². The number of hydrazone groups is 2. The van der Waals surface area contributed by atoms with Gasteiger partial charge in [-0.05, 0) is 77.8 Å². The van der Waals surface area contributed by atoms with Crippen molar-refractivity contribution in [2.45, 2.75) is 22.9 Å². The number of nitrogens with zero attached hydrogens (tertiary/aromatic N) is 5. The van der Waals surface area contributed by atoms with Gasteiger partial charge in [-0.25, -0.2) is 10.0 Å². The van der Waals surface area contributed by atoms with Crippen LogP contribution in [0.1, 0.15) is 34.1 Å². The van der Waals surface area contributed by atoms with E-state index in [2.05, 4.69) is 84.7 Å². The van der Waals surface area contributed by atoms with Crippen molar-refractivity contribution in [3.63, 3.8) is 0 Å². The van der Waals surface area contributed by atoms with Crippen LogP contribution in [-0.2, 0) is 4.79 Å². The van der Waals surface area contributed by atoms with Crippen molar-refractivity contribution in [1.29, 1.82) is 0 Å². The Morgan fingerprint density at radius 2 is 0.839 bits per heavy atom. The number of ketones is 1. The zero-order valence-electron chi connectivity index (χ0n) is 31.7. The molecule has 6 aromatic carbocycles. The first-order valence-electron chi connectivity index (χ1n) is 19.0. The molecular formula is C48H43N5O3. The van der Waals surface area contributed by atoms with Crippen LogP contribution in [0.25, 0.3) is 0 Å². The van der Waals surface area contributed by atoms with Gasteiger partial charge in [-0.15, -0.1) is 0 Å². The van der Waals surface area contributed by atoms with Crippen LogP contribution < -0.4 is 19.5 Å². The van der Waals surface area contributed by atoms with Gasteiger partial charge in [0, 0.05) is 13.1 Å². The molecule has 278 valence electrons. The van der Waals surface area contributed by atoms with Gasteiger partial charge < -0.3 is 14.4 Å². The van der Waals surface area contributed by atoms with Gasteiger partial charge in [0.05, 0.1) is 48.9 Å². The summed E-state index contributed by atoms with van der Waals surface area (Å²) in [5.74, 6) is 0.584. The van der Waals surface area contributed by atoms with Crippen LogP contribution in [0.4, 0.5) is 11.4 Å². The summed E-state index contributed by atoms with van der Waals surface area (Å²) in [5, 5.41) is 15.1. The minimum absolute atomic E-state index is 0.0433. The molecule has 3 aliphatic heterocycles. The molecule has 2 spiro atoms. The molecule has 4 unspecified atom stereocenters. The van der Waals surface area contributed by atoms with Crippen LogP contribution in [0, 0.1) is 0 Å². The summed E-state index contributed by atoms with van der Waals surface area (Å²) < 4.78 is 11.3. The second-order valence-electron chi connectivity index (χ2n) is 14.8. The summed E-state index contributed by atoms with van der Waals surface area (Å²) in [5.41, 5.74) is 4.73. The number of hydrogen-bond donors (Lipinski definition) is 0. The normalized spacial score (nSPS) is 23.4. The predicted molar refractivity (Wildman–Crippen MR) is 223 cm³/mol. The SMILES string of the molecule is COc1ccc(C2C(c3ccccc3)=NN(c3ccccc3)C23CN(C)CC2(C3=O)C(c3ccc(OC)cc3)C(c3ccccc3)=NN2c2ccccc2)cc1. The van der Waals surface area contributed by atoms with Crippen LogP contribution in [0.3, 0.4) is 0 Å². The molecule has 8 heteroatoms. The second-order valence-corrected chi connectivity index (χ2v) is 14.8. The third kappa shape index (κ3) is 5.59. The Morgan fingerprint density at radius 1 is 0.500 bits per heavy atom. The van der Waals surface area contributed by atoms with Crippen LogP contribution in [0.5, 0.6) is 11.5 Å². The van der Waals surface area contributed by atoms with Gasteiger partial charge in [-0.1, -0.05) is 121 Å². The molecule has 56 heavy (non-hydrogen) atoms. The number of hydrogen-bond acceptors (Lipinski definition) is 8. The number of carbonyl (C=O) groups excluding carboxylic acids is 1. The summed E-state index contributed by atoms with van der Waals surface area (Å²) in [6.07, 6.45) is 0. The number of rotatable bonds is 8. The Hall–Kier alpha value is -6.51. The number of likely N-dealkylation sites (tertiary alicyclic amines) is 1. The number of methoxy groups -OCH3 is 2. The second kappa shape index (κ2) is 14.3. The minimum atomic E-state index is -1.23. The lowest BCUT2D eigenvalue weighted by molar-refractivity contribution is -0.135. The van der Waals surface area contributed by atoms with E-state index in [4.69, 9.17) is 19.7 Å². The highest BCUT2D eigenvalue weighted by molar-refractivity contribution is 6.21. The van der Waals surface area contributed by atoms with Crippen molar-refractivity contribution in [3.05, 3.63) is 192 Å². The van der Waals surface area contributed by atoms with Gasteiger partial charge >= 0.3 is 0 Å². The molecule has 0 amide bonds. The first-order valence-corrected chi connectivity index (χ1v) is 19.0. The Labute approximate surface area is 327 Å². The zero-order valence-corrected chi connectivity index (χ0v) is 31.7. The van der Waals surface area contributed by atoms with E-state index in [1.165, 1.54) is 0 Å². The number of anilines is 2. The highest BCUT2D eigenvalue weighted by atomic mass is 16.5. The first-order chi connectivity index (χ1) is 27.5. The minimum Gasteiger partial charge on any atom is -0.497 e. The first kappa shape index (κ1) is 35.2. The highest BCUT2D eigenvalue weighted by Crippen LogP contribution is 2.56. The van der Waals surface area contributed by atoms with E-state index in [9.17, 15) is 0 Å². The molecule has 8 nitrogen and oxygen atoms in total. The predicted octanol–water partition coefficient (Wildman–Crippen LogP) is 8.41. The number of para-hydroxylation sites is 2. The number of Topliss-reactive ketones (excluding diaryl/α,β-unsaturated/α-hetero) is 1. The standard InChI is InChI=1S/C48H43N5O3/c1-51-32-47(42(34-24-28-40(55-2)29-25-34)44(36-16-8-4-9-17-36)49-52(47)38-20-12-6-13-21-38)46(54)48(33-51)43(35-26-30-41(56-3)31-27-35)45(37-18-10-5-11-19-37)50-53(48)39-22-14-7-15-23-39/h4-31,42-43H,32-33H2,1-3H3. The van der Waals surface area contributed by atoms with Crippen LogP contribution in [0.2, 0.25) is 0 Å². The fraction of sp³-hybridized carbons (Fsp3) is 0.188. The fourth-order valence-electron chi connectivity index (χ4n) is 9.22. The van der Waals surface area contributed by atoms with E-state index in [0.29, 0.717) is 13.1 Å². The molecule has 3 heterocycles. The number of ether oxygens (including phenoxy) is 2. The monoisotopic (exact) mass is 737 g/mol. The van der Waals surface area contributed by atoms with Crippen molar-refractivity contribution in [3.8, 4) is 11.5 Å². The molecule has 0 N–H and O–H groups in total. The average molecular weight is 738 g/mol. The van der Waals surface area contributed by atoms with Crippen LogP contribution in [-0.4, -0.2) is 67.5 Å². The number of piperidine rings is 1. The molecule has 0 radical (unpaired) electrons. The fourth-order valence-corrected chi connectivity index (χ4v) is 9.22. The molecule has 4 atom stereocenters. The molecule has 3 aliphatic rings. The van der Waals surface area contributed by atoms with Gasteiger partial charge in [-0.2, -0.15) is 10.2 Å². The summed E-state index contributed by atoms with van der Waals surface area (Å²) >= 11 is 0. The topological polar surface area (TPSA) is 70.0 Å². The molecule has 0 aliphatic carbocycles. The lowest BCUT2D eigenvalue weighted by Gasteiger charge is -2.55. The van der Waals surface area contributed by atoms with Crippen molar-refractivity contribution >= 4 is 28.6 Å². The van der Waals surface area contributed by atoms with E-state index >= 15 is 4.79 Å². The third-order valence-corrected chi connectivity index (χ3v) is 11.5. The Kier molecular flexibility index (Phi) is 8.98. The maximum Gasteiger partial charge on any atom is 0.192 e. The summed E-state index contributed by atoms with van der Waals surface area (Å²) in [6, 6.07) is 57.0. The van der Waals surface area contributed by atoms with Gasteiger partial charge in [0.25, 0.3) is 0 Å². The molecule has 1 fully saturated rings. The van der Waals surface area contributed by atoms with Gasteiger partial charge in [0.2, 0.25) is 0 Å². The van der Waals surface area contributed by atoms with E-state index in [0.717, 1.165) is 56.6 Å². The van der Waals surface area contributed by atoms with Gasteiger partial charge in [0.1, 0.15) is 22.6 Å². The smallest absolute Gasteiger partial charge is 0.192 e. The van der Waals surface area contributed by atoms with Crippen molar-refractivity contribution in [1.82, 2.24) is 4.90 Å². The molecule has 1 saturated heterocycles. The lowest BCUT2D eigenvalue weighted by atomic mass is 9.60. The van der Waals surface area contributed by atoms with E-state index in [-0.39, 0.29) is 5.78 Å². The number of carbonyl (C=O) groups is 1. The Bertz CT molecular complexity index is 2220. The lowest BCUT2D eigenvalue weighted by Crippen LogP contribution is -2.77. The molecule has 9 rings (SSSR count). The zero-order chi connectivity index (χ0) is 38.3. The molecule has 0 saturated carbocycles. The van der Waals surface area contributed by atoms with Crippen molar-refractivity contribution < 1.29 is 14.3 Å². The maximum absolute atomic E-state index is 17.1. The van der Waals surface area contributed by atoms with Gasteiger partial charge in [-0.3, -0.25) is 4.79 Å². The maximum atomic E-state index is 17.1. The summed E-state index contributed by atoms with van der Waals surface area (Å²) in [7, 11) is 5.47. The van der Waals surface area contributed by atoms with Gasteiger partial charge in [0.15, 0.2) is 5.78 Å². The average Bonchev–Trinajstić information content (AvgIpc) is 3.78. The summed E-state index contributed by atoms with van der Waals surface area (Å²) in [4.78, 5) is 19.5. The van der Waals surface area contributed by atoms with Crippen LogP contribution >= 0.6 is 0 Å². The molecule has 6 aromatic rings. The third-order valence-electron chi connectivity index (χ3n) is 11.5. The number of benzene rings is 6. The van der Waals surface area contributed by atoms with E-state index in [1.807, 2.05) is 107 Å². The highest BCUT2D eigenvalue weighted by Gasteiger charge is 2.71. The Balaban J connectivity index is 1.36.